The lowest BCUT2D eigenvalue weighted by Gasteiger charge is -2.25. The van der Waals surface area contributed by atoms with Gasteiger partial charge in [0.2, 0.25) is 0 Å². The molecule has 2 heteroatoms. The summed E-state index contributed by atoms with van der Waals surface area (Å²) >= 11 is 0. The minimum Gasteiger partial charge on any atom is -0.303 e. The number of ketones is 1. The molecule has 0 aromatic heterocycles. The van der Waals surface area contributed by atoms with Crippen molar-refractivity contribution in [3.05, 3.63) is 12.2 Å². The average Bonchev–Trinajstić information content (AvgIpc) is 2.43. The molecule has 0 spiro atoms. The summed E-state index contributed by atoms with van der Waals surface area (Å²) in [6.07, 6.45) is 7.28. The highest BCUT2D eigenvalue weighted by molar-refractivity contribution is 5.85. The molecular formula is C10H12O2. The number of hydrogen-bond acceptors (Lipinski definition) is 2. The fourth-order valence-corrected chi connectivity index (χ4v) is 2.31. The Morgan fingerprint density at radius 3 is 3.08 bits per heavy atom. The molecule has 0 heterocycles. The largest absolute Gasteiger partial charge is 0.303 e. The molecule has 0 aromatic carbocycles. The van der Waals surface area contributed by atoms with Crippen molar-refractivity contribution in [3.8, 4) is 0 Å². The summed E-state index contributed by atoms with van der Waals surface area (Å²) in [5.41, 5.74) is 0. The van der Waals surface area contributed by atoms with Crippen LogP contribution < -0.4 is 0 Å². The van der Waals surface area contributed by atoms with E-state index >= 15 is 0 Å². The van der Waals surface area contributed by atoms with Gasteiger partial charge in [0.1, 0.15) is 12.1 Å². The van der Waals surface area contributed by atoms with E-state index in [1.54, 1.807) is 0 Å². The van der Waals surface area contributed by atoms with Crippen LogP contribution in [0.2, 0.25) is 0 Å². The topological polar surface area (TPSA) is 34.1 Å². The van der Waals surface area contributed by atoms with Gasteiger partial charge in [-0.3, -0.25) is 4.79 Å². The summed E-state index contributed by atoms with van der Waals surface area (Å²) in [7, 11) is 0. The molecule has 0 saturated heterocycles. The molecule has 0 N–H and O–H groups in total. The summed E-state index contributed by atoms with van der Waals surface area (Å²) in [6.45, 7) is 0. The van der Waals surface area contributed by atoms with Crippen LogP contribution in [0.4, 0.5) is 0 Å². The second-order valence-corrected chi connectivity index (χ2v) is 3.72. The summed E-state index contributed by atoms with van der Waals surface area (Å²) in [5, 5.41) is 0. The highest BCUT2D eigenvalue weighted by atomic mass is 16.1. The number of rotatable bonds is 2. The van der Waals surface area contributed by atoms with Crippen LogP contribution in [0.5, 0.6) is 0 Å². The zero-order valence-electron chi connectivity index (χ0n) is 6.90. The Balaban J connectivity index is 2.14. The van der Waals surface area contributed by atoms with Gasteiger partial charge in [-0.15, -0.1) is 0 Å². The highest BCUT2D eigenvalue weighted by Crippen LogP contribution is 2.39. The van der Waals surface area contributed by atoms with Gasteiger partial charge in [-0.1, -0.05) is 12.2 Å². The number of fused-ring (bicyclic) bond motifs is 2. The van der Waals surface area contributed by atoms with Gasteiger partial charge < -0.3 is 4.79 Å². The maximum absolute atomic E-state index is 11.4. The average molecular weight is 164 g/mol. The molecule has 0 aromatic rings. The Hall–Kier alpha value is -0.920. The van der Waals surface area contributed by atoms with Crippen molar-refractivity contribution in [2.45, 2.75) is 19.3 Å². The van der Waals surface area contributed by atoms with Crippen molar-refractivity contribution in [2.24, 2.45) is 17.8 Å². The highest BCUT2D eigenvalue weighted by Gasteiger charge is 2.37. The Labute approximate surface area is 71.6 Å². The Morgan fingerprint density at radius 1 is 1.50 bits per heavy atom. The zero-order valence-corrected chi connectivity index (χ0v) is 6.90. The van der Waals surface area contributed by atoms with Crippen LogP contribution in [0.1, 0.15) is 19.3 Å². The molecule has 3 atom stereocenters. The first-order valence-electron chi connectivity index (χ1n) is 4.46. The first-order chi connectivity index (χ1) is 5.81. The van der Waals surface area contributed by atoms with Gasteiger partial charge in [0.25, 0.3) is 0 Å². The molecule has 0 aliphatic heterocycles. The van der Waals surface area contributed by atoms with E-state index in [2.05, 4.69) is 12.2 Å². The fourth-order valence-electron chi connectivity index (χ4n) is 2.31. The van der Waals surface area contributed by atoms with Crippen LogP contribution >= 0.6 is 0 Å². The van der Waals surface area contributed by atoms with E-state index in [4.69, 9.17) is 0 Å². The second-order valence-electron chi connectivity index (χ2n) is 3.72. The first kappa shape index (κ1) is 7.71. The smallest absolute Gasteiger partial charge is 0.137 e. The van der Waals surface area contributed by atoms with Gasteiger partial charge in [-0.2, -0.15) is 0 Å². The molecule has 2 rings (SSSR count). The van der Waals surface area contributed by atoms with Gasteiger partial charge >= 0.3 is 0 Å². The number of carbonyl (C=O) groups excluding carboxylic acids is 2. The molecule has 2 nitrogen and oxygen atoms in total. The van der Waals surface area contributed by atoms with Gasteiger partial charge in [-0.05, 0) is 18.3 Å². The summed E-state index contributed by atoms with van der Waals surface area (Å²) in [4.78, 5) is 21.8. The predicted molar refractivity (Wildman–Crippen MR) is 44.5 cm³/mol. The first-order valence-corrected chi connectivity index (χ1v) is 4.46. The van der Waals surface area contributed by atoms with Crippen LogP contribution in [-0.4, -0.2) is 12.1 Å². The summed E-state index contributed by atoms with van der Waals surface area (Å²) in [5.74, 6) is 1.12. The van der Waals surface area contributed by atoms with E-state index in [1.165, 1.54) is 0 Å². The normalized spacial score (nSPS) is 38.7. The molecule has 0 unspecified atom stereocenters. The quantitative estimate of drug-likeness (QED) is 0.456. The molecule has 2 bridgehead atoms. The lowest BCUT2D eigenvalue weighted by Crippen LogP contribution is -2.28. The monoisotopic (exact) mass is 164 g/mol. The van der Waals surface area contributed by atoms with E-state index in [0.717, 1.165) is 12.7 Å². The van der Waals surface area contributed by atoms with E-state index in [0.29, 0.717) is 24.7 Å². The van der Waals surface area contributed by atoms with E-state index < -0.39 is 0 Å². The van der Waals surface area contributed by atoms with Crippen LogP contribution in [-0.2, 0) is 9.59 Å². The Bertz CT molecular complexity index is 242. The van der Waals surface area contributed by atoms with Crippen molar-refractivity contribution in [1.82, 2.24) is 0 Å². The van der Waals surface area contributed by atoms with Gasteiger partial charge in [0.05, 0.1) is 0 Å². The zero-order chi connectivity index (χ0) is 8.55. The van der Waals surface area contributed by atoms with Crippen molar-refractivity contribution < 1.29 is 9.59 Å². The van der Waals surface area contributed by atoms with Crippen LogP contribution in [0, 0.1) is 17.8 Å². The van der Waals surface area contributed by atoms with E-state index in [-0.39, 0.29) is 11.7 Å². The molecule has 12 heavy (non-hydrogen) atoms. The number of allylic oxidation sites excluding steroid dienone is 2. The molecule has 1 saturated carbocycles. The third-order valence-electron chi connectivity index (χ3n) is 2.95. The number of hydrogen-bond donors (Lipinski definition) is 0. The van der Waals surface area contributed by atoms with Gasteiger partial charge in [0.15, 0.2) is 0 Å². The number of Topliss-reactive ketones (excluding diaryl/α,β-unsaturated/α-hetero) is 1. The van der Waals surface area contributed by atoms with E-state index in [1.807, 2.05) is 0 Å². The van der Waals surface area contributed by atoms with Crippen LogP contribution in [0.3, 0.4) is 0 Å². The molecule has 1 fully saturated rings. The third kappa shape index (κ3) is 1.11. The lowest BCUT2D eigenvalue weighted by molar-refractivity contribution is -0.128. The molecular weight excluding hydrogens is 152 g/mol. The second kappa shape index (κ2) is 2.85. The van der Waals surface area contributed by atoms with Crippen molar-refractivity contribution in [3.63, 3.8) is 0 Å². The summed E-state index contributed by atoms with van der Waals surface area (Å²) < 4.78 is 0. The maximum atomic E-state index is 11.4. The summed E-state index contributed by atoms with van der Waals surface area (Å²) in [6, 6.07) is 0. The van der Waals surface area contributed by atoms with Crippen molar-refractivity contribution in [2.75, 3.05) is 0 Å². The molecule has 0 radical (unpaired) electrons. The number of aldehydes is 1. The van der Waals surface area contributed by atoms with Crippen molar-refractivity contribution in [1.29, 1.82) is 0 Å². The standard InChI is InChI=1S/C10H12O2/c11-4-3-9-8-2-1-7(5-8)6-10(9)12/h1-2,4,7-9H,3,5-6H2/t7-,8-,9-/m0/s1. The minimum atomic E-state index is -0.00231. The van der Waals surface area contributed by atoms with Crippen molar-refractivity contribution >= 4 is 12.1 Å². The SMILES string of the molecule is O=CC[C@@H]1C(=O)C[C@H]2C=C[C@H]1C2. The van der Waals surface area contributed by atoms with E-state index in [9.17, 15) is 9.59 Å². The number of carbonyl (C=O) groups is 2. The molecule has 2 aliphatic rings. The lowest BCUT2D eigenvalue weighted by atomic mass is 9.77. The Kier molecular flexibility index (Phi) is 1.83. The van der Waals surface area contributed by atoms with Crippen LogP contribution in [0.15, 0.2) is 12.2 Å². The van der Waals surface area contributed by atoms with Crippen LogP contribution in [0.25, 0.3) is 0 Å². The Morgan fingerprint density at radius 2 is 2.33 bits per heavy atom. The minimum absolute atomic E-state index is 0.00231. The molecule has 2 aliphatic carbocycles. The predicted octanol–water partition coefficient (Wildman–Crippen LogP) is 1.36. The third-order valence-corrected chi connectivity index (χ3v) is 2.95. The molecule has 64 valence electrons. The van der Waals surface area contributed by atoms with Gasteiger partial charge in [0, 0.05) is 18.8 Å². The maximum Gasteiger partial charge on any atom is 0.137 e. The molecule has 0 amide bonds. The fraction of sp³-hybridized carbons (Fsp3) is 0.600. The van der Waals surface area contributed by atoms with Gasteiger partial charge in [-0.25, -0.2) is 0 Å².